The first-order chi connectivity index (χ1) is 13.8. The molecule has 2 heterocycles. The van der Waals surface area contributed by atoms with E-state index in [-0.39, 0.29) is 30.5 Å². The van der Waals surface area contributed by atoms with Crippen molar-refractivity contribution in [3.8, 4) is 0 Å². The number of carbonyl (C=O) groups is 4. The van der Waals surface area contributed by atoms with Crippen molar-refractivity contribution in [2.45, 2.75) is 58.4 Å². The monoisotopic (exact) mass is 425 g/mol. The smallest absolute Gasteiger partial charge is 0.340 e. The van der Waals surface area contributed by atoms with Gasteiger partial charge in [0.2, 0.25) is 11.8 Å². The molecule has 10 heteroatoms. The maximum Gasteiger partial charge on any atom is 0.409 e. The van der Waals surface area contributed by atoms with E-state index in [1.807, 2.05) is 5.32 Å². The molecule has 1 unspecified atom stereocenters. The van der Waals surface area contributed by atoms with E-state index >= 15 is 0 Å². The zero-order chi connectivity index (χ0) is 22.4. The summed E-state index contributed by atoms with van der Waals surface area (Å²) in [6, 6.07) is 1.17. The van der Waals surface area contributed by atoms with E-state index < -0.39 is 47.3 Å². The molecule has 1 aromatic rings. The van der Waals surface area contributed by atoms with Crippen LogP contribution in [0, 0.1) is 5.41 Å². The largest absolute Gasteiger partial charge is 0.409 e. The molecular weight excluding hydrogens is 403 g/mol. The molecule has 0 bridgehead atoms. The number of amides is 4. The second-order valence-electron chi connectivity index (χ2n) is 8.59. The summed E-state index contributed by atoms with van der Waals surface area (Å²) in [6.45, 7) is 4.17. The molecule has 3 rings (SSSR count). The highest BCUT2D eigenvalue weighted by Gasteiger charge is 2.48. The van der Waals surface area contributed by atoms with Crippen LogP contribution in [-0.4, -0.2) is 46.8 Å². The first kappa shape index (κ1) is 21.8. The first-order valence-electron chi connectivity index (χ1n) is 9.44. The van der Waals surface area contributed by atoms with Gasteiger partial charge in [-0.3, -0.25) is 24.5 Å². The zero-order valence-corrected chi connectivity index (χ0v) is 16.7. The normalized spacial score (nSPS) is 20.7. The maximum absolute atomic E-state index is 13.4. The molecule has 1 saturated heterocycles. The molecule has 0 aromatic heterocycles. The highest BCUT2D eigenvalue weighted by molar-refractivity contribution is 6.06. The summed E-state index contributed by atoms with van der Waals surface area (Å²) in [5.74, 6) is -2.29. The van der Waals surface area contributed by atoms with Gasteiger partial charge in [0.1, 0.15) is 12.1 Å². The lowest BCUT2D eigenvalue weighted by atomic mass is 9.86. The van der Waals surface area contributed by atoms with E-state index in [4.69, 9.17) is 0 Å². The number of carbonyl (C=O) groups excluding carboxylic acids is 4. The number of alkyl halides is 3. The van der Waals surface area contributed by atoms with Crippen LogP contribution in [0.15, 0.2) is 18.2 Å². The summed E-state index contributed by atoms with van der Waals surface area (Å²) in [7, 11) is 0. The van der Waals surface area contributed by atoms with Gasteiger partial charge in [0.15, 0.2) is 0 Å². The second-order valence-corrected chi connectivity index (χ2v) is 8.59. The molecule has 2 N–H and O–H groups in total. The van der Waals surface area contributed by atoms with Gasteiger partial charge < -0.3 is 10.2 Å². The van der Waals surface area contributed by atoms with Crippen LogP contribution in [0.1, 0.15) is 59.9 Å². The lowest BCUT2D eigenvalue weighted by molar-refractivity contribution is -0.174. The molecule has 2 atom stereocenters. The van der Waals surface area contributed by atoms with Crippen LogP contribution in [0.3, 0.4) is 0 Å². The van der Waals surface area contributed by atoms with Crippen molar-refractivity contribution in [3.05, 3.63) is 34.9 Å². The average Bonchev–Trinajstić information content (AvgIpc) is 2.93. The number of piperidine rings is 1. The Balaban J connectivity index is 1.80. The number of rotatable bonds is 3. The van der Waals surface area contributed by atoms with E-state index in [0.29, 0.717) is 5.56 Å². The molecule has 2 aliphatic heterocycles. The predicted molar refractivity (Wildman–Crippen MR) is 99.3 cm³/mol. The molecule has 1 aromatic carbocycles. The number of nitrogens with zero attached hydrogens (tertiary/aromatic N) is 1. The minimum atomic E-state index is -4.62. The summed E-state index contributed by atoms with van der Waals surface area (Å²) in [5, 5.41) is 4.23. The molecule has 0 aliphatic carbocycles. The topological polar surface area (TPSA) is 95.6 Å². The third kappa shape index (κ3) is 4.17. The maximum atomic E-state index is 13.4. The minimum Gasteiger partial charge on any atom is -0.340 e. The number of benzene rings is 1. The Hall–Kier alpha value is -2.91. The summed E-state index contributed by atoms with van der Waals surface area (Å²) >= 11 is 0. The van der Waals surface area contributed by atoms with Crippen molar-refractivity contribution in [2.24, 2.45) is 5.41 Å². The van der Waals surface area contributed by atoms with Crippen molar-refractivity contribution in [3.63, 3.8) is 0 Å². The molecule has 0 spiro atoms. The van der Waals surface area contributed by atoms with Gasteiger partial charge >= 0.3 is 6.18 Å². The van der Waals surface area contributed by atoms with E-state index in [9.17, 15) is 32.3 Å². The molecule has 1 fully saturated rings. The number of hydrogen-bond acceptors (Lipinski definition) is 4. The molecule has 0 saturated carbocycles. The summed E-state index contributed by atoms with van der Waals surface area (Å²) in [6.07, 6.45) is -4.32. The number of imide groups is 1. The summed E-state index contributed by atoms with van der Waals surface area (Å²) in [5.41, 5.74) is -0.537. The van der Waals surface area contributed by atoms with Gasteiger partial charge in [-0.05, 0) is 35.6 Å². The van der Waals surface area contributed by atoms with E-state index in [1.165, 1.54) is 43.9 Å². The van der Waals surface area contributed by atoms with Gasteiger partial charge in [-0.2, -0.15) is 13.2 Å². The van der Waals surface area contributed by atoms with Crippen LogP contribution in [0.4, 0.5) is 13.2 Å². The van der Waals surface area contributed by atoms with Gasteiger partial charge in [0, 0.05) is 24.1 Å². The number of nitrogens with one attached hydrogen (secondary N) is 2. The third-order valence-corrected chi connectivity index (χ3v) is 5.25. The second kappa shape index (κ2) is 7.41. The molecule has 4 amide bonds. The highest BCUT2D eigenvalue weighted by atomic mass is 19.4. The standard InChI is InChI=1S/C20H22F3N3O4/c1-19(2,3)18(20(21,22)23)25-15(28)10-4-5-12-11(8-10)9-26(17(12)30)13-6-7-14(27)24-16(13)29/h4-5,8,13,18H,6-7,9H2,1-3H3,(H,25,28)(H,24,27,29)/t13?,18-/m1/s1. The number of halogens is 3. The van der Waals surface area contributed by atoms with Gasteiger partial charge in [-0.1, -0.05) is 20.8 Å². The minimum absolute atomic E-state index is 0.00910. The molecule has 0 radical (unpaired) electrons. The Morgan fingerprint density at radius 1 is 1.20 bits per heavy atom. The lowest BCUT2D eigenvalue weighted by Crippen LogP contribution is -2.53. The summed E-state index contributed by atoms with van der Waals surface area (Å²) < 4.78 is 40.1. The van der Waals surface area contributed by atoms with Crippen LogP contribution in [0.5, 0.6) is 0 Å². The fraction of sp³-hybridized carbons (Fsp3) is 0.500. The number of fused-ring (bicyclic) bond motifs is 1. The van der Waals surface area contributed by atoms with Crippen LogP contribution in [0.25, 0.3) is 0 Å². The van der Waals surface area contributed by atoms with Gasteiger partial charge in [0.05, 0.1) is 0 Å². The van der Waals surface area contributed by atoms with Crippen molar-refractivity contribution < 1.29 is 32.3 Å². The Kier molecular flexibility index (Phi) is 5.38. The van der Waals surface area contributed by atoms with Gasteiger partial charge in [0.25, 0.3) is 11.8 Å². The van der Waals surface area contributed by atoms with Crippen LogP contribution >= 0.6 is 0 Å². The molecule has 30 heavy (non-hydrogen) atoms. The third-order valence-electron chi connectivity index (χ3n) is 5.25. The summed E-state index contributed by atoms with van der Waals surface area (Å²) in [4.78, 5) is 49.9. The van der Waals surface area contributed by atoms with Crippen LogP contribution in [-0.2, 0) is 16.1 Å². The van der Waals surface area contributed by atoms with E-state index in [1.54, 1.807) is 0 Å². The Bertz CT molecular complexity index is 907. The quantitative estimate of drug-likeness (QED) is 0.726. The molecule has 162 valence electrons. The molecule has 2 aliphatic rings. The molecule has 7 nitrogen and oxygen atoms in total. The van der Waals surface area contributed by atoms with Crippen molar-refractivity contribution in [1.82, 2.24) is 15.5 Å². The Morgan fingerprint density at radius 3 is 2.43 bits per heavy atom. The van der Waals surface area contributed by atoms with Crippen molar-refractivity contribution in [1.29, 1.82) is 0 Å². The van der Waals surface area contributed by atoms with Crippen LogP contribution in [0.2, 0.25) is 0 Å². The zero-order valence-electron chi connectivity index (χ0n) is 16.7. The number of hydrogen-bond donors (Lipinski definition) is 2. The molecular formula is C20H22F3N3O4. The van der Waals surface area contributed by atoms with Crippen LogP contribution < -0.4 is 10.6 Å². The SMILES string of the molecule is CC(C)(C)[C@@H](NC(=O)c1ccc2c(c1)CN(C1CCC(=O)NC1=O)C2=O)C(F)(F)F. The van der Waals surface area contributed by atoms with Crippen molar-refractivity contribution >= 4 is 23.6 Å². The van der Waals surface area contributed by atoms with Gasteiger partial charge in [-0.25, -0.2) is 0 Å². The lowest BCUT2D eigenvalue weighted by Gasteiger charge is -2.33. The average molecular weight is 425 g/mol. The highest BCUT2D eigenvalue weighted by Crippen LogP contribution is 2.34. The van der Waals surface area contributed by atoms with E-state index in [2.05, 4.69) is 5.32 Å². The fourth-order valence-electron chi connectivity index (χ4n) is 3.72. The Labute approximate surface area is 171 Å². The predicted octanol–water partition coefficient (Wildman–Crippen LogP) is 2.15. The van der Waals surface area contributed by atoms with Gasteiger partial charge in [-0.15, -0.1) is 0 Å². The fourth-order valence-corrected chi connectivity index (χ4v) is 3.72. The van der Waals surface area contributed by atoms with Crippen molar-refractivity contribution in [2.75, 3.05) is 0 Å². The Morgan fingerprint density at radius 2 is 1.87 bits per heavy atom. The first-order valence-corrected chi connectivity index (χ1v) is 9.44. The van der Waals surface area contributed by atoms with E-state index in [0.717, 1.165) is 0 Å².